The van der Waals surface area contributed by atoms with Gasteiger partial charge in [-0.05, 0) is 31.0 Å². The minimum absolute atomic E-state index is 0.0781. The zero-order valence-electron chi connectivity index (χ0n) is 10.5. The van der Waals surface area contributed by atoms with E-state index in [4.69, 9.17) is 11.6 Å². The van der Waals surface area contributed by atoms with E-state index in [9.17, 15) is 13.6 Å². The number of amides is 1. The van der Waals surface area contributed by atoms with Crippen molar-refractivity contribution in [2.75, 3.05) is 5.88 Å². The first-order valence-electron chi connectivity index (χ1n) is 5.93. The molecular formula is C13H16ClF2NO2. The maximum Gasteiger partial charge on any atom is 0.387 e. The summed E-state index contributed by atoms with van der Waals surface area (Å²) in [4.78, 5) is 11.5. The van der Waals surface area contributed by atoms with Crippen LogP contribution in [0.15, 0.2) is 24.3 Å². The van der Waals surface area contributed by atoms with Crippen molar-refractivity contribution in [1.82, 2.24) is 5.32 Å². The largest absolute Gasteiger partial charge is 0.435 e. The monoisotopic (exact) mass is 291 g/mol. The maximum absolute atomic E-state index is 12.1. The molecule has 3 nitrogen and oxygen atoms in total. The second kappa shape index (κ2) is 7.94. The van der Waals surface area contributed by atoms with Crippen molar-refractivity contribution in [2.45, 2.75) is 32.4 Å². The number of rotatable bonds is 7. The molecule has 0 fully saturated rings. The molecule has 1 amide bonds. The Balaban J connectivity index is 2.61. The smallest absolute Gasteiger partial charge is 0.387 e. The van der Waals surface area contributed by atoms with E-state index >= 15 is 0 Å². The van der Waals surface area contributed by atoms with Gasteiger partial charge in [-0.25, -0.2) is 0 Å². The van der Waals surface area contributed by atoms with E-state index in [0.29, 0.717) is 24.3 Å². The fourth-order valence-electron chi connectivity index (χ4n) is 1.58. The lowest BCUT2D eigenvalue weighted by Crippen LogP contribution is -2.26. The summed E-state index contributed by atoms with van der Waals surface area (Å²) in [6.45, 7) is -1.08. The van der Waals surface area contributed by atoms with E-state index in [2.05, 4.69) is 10.1 Å². The fraction of sp³-hybridized carbons (Fsp3) is 0.462. The molecule has 1 rings (SSSR count). The number of hydrogen-bond donors (Lipinski definition) is 1. The molecule has 0 aromatic heterocycles. The molecule has 0 aliphatic carbocycles. The maximum atomic E-state index is 12.1. The molecule has 6 heteroatoms. The molecule has 1 atom stereocenters. The van der Waals surface area contributed by atoms with Crippen LogP contribution in [0.5, 0.6) is 5.75 Å². The van der Waals surface area contributed by atoms with Crippen LogP contribution in [-0.2, 0) is 4.79 Å². The van der Waals surface area contributed by atoms with Crippen molar-refractivity contribution >= 4 is 17.5 Å². The lowest BCUT2D eigenvalue weighted by molar-refractivity contribution is -0.121. The summed E-state index contributed by atoms with van der Waals surface area (Å²) in [5.41, 5.74) is 0.706. The first kappa shape index (κ1) is 15.7. The van der Waals surface area contributed by atoms with E-state index in [0.717, 1.165) is 0 Å². The summed E-state index contributed by atoms with van der Waals surface area (Å²) < 4.78 is 28.5. The zero-order valence-corrected chi connectivity index (χ0v) is 11.3. The first-order valence-corrected chi connectivity index (χ1v) is 6.46. The highest BCUT2D eigenvalue weighted by Crippen LogP contribution is 2.20. The Labute approximate surface area is 115 Å². The lowest BCUT2D eigenvalue weighted by atomic mass is 10.1. The molecule has 0 saturated heterocycles. The molecule has 0 saturated carbocycles. The second-order valence-corrected chi connectivity index (χ2v) is 4.41. The highest BCUT2D eigenvalue weighted by atomic mass is 35.5. The first-order chi connectivity index (χ1) is 9.02. The van der Waals surface area contributed by atoms with Crippen molar-refractivity contribution < 1.29 is 18.3 Å². The molecule has 0 radical (unpaired) electrons. The molecule has 0 aliphatic rings. The number of carbonyl (C=O) groups is 1. The van der Waals surface area contributed by atoms with Gasteiger partial charge in [0.25, 0.3) is 0 Å². The lowest BCUT2D eigenvalue weighted by Gasteiger charge is -2.15. The standard InChI is InChI=1S/C13H16ClF2NO2/c1-9(17-12(18)6-3-7-14)10-4-2-5-11(8-10)19-13(15)16/h2,4-5,8-9,13H,3,6-7H2,1H3,(H,17,18). The highest BCUT2D eigenvalue weighted by Gasteiger charge is 2.11. The van der Waals surface area contributed by atoms with Gasteiger partial charge in [0.05, 0.1) is 6.04 Å². The van der Waals surface area contributed by atoms with Crippen LogP contribution in [0.4, 0.5) is 8.78 Å². The van der Waals surface area contributed by atoms with Crippen LogP contribution in [0.25, 0.3) is 0 Å². The van der Waals surface area contributed by atoms with Crippen molar-refractivity contribution in [1.29, 1.82) is 0 Å². The Bertz CT molecular complexity index is 415. The van der Waals surface area contributed by atoms with Gasteiger partial charge in [-0.2, -0.15) is 8.78 Å². The highest BCUT2D eigenvalue weighted by molar-refractivity contribution is 6.17. The third kappa shape index (κ3) is 5.87. The summed E-state index contributed by atoms with van der Waals surface area (Å²) in [6, 6.07) is 6.00. The zero-order chi connectivity index (χ0) is 14.3. The quantitative estimate of drug-likeness (QED) is 0.781. The Hall–Kier alpha value is -1.36. The molecule has 0 heterocycles. The van der Waals surface area contributed by atoms with Gasteiger partial charge >= 0.3 is 6.61 Å². The SMILES string of the molecule is CC(NC(=O)CCCCl)c1cccc(OC(F)F)c1. The molecule has 1 N–H and O–H groups in total. The summed E-state index contributed by atoms with van der Waals surface area (Å²) in [5, 5.41) is 2.77. The molecule has 0 spiro atoms. The predicted molar refractivity (Wildman–Crippen MR) is 69.6 cm³/mol. The van der Waals surface area contributed by atoms with Crippen molar-refractivity contribution in [3.63, 3.8) is 0 Å². The van der Waals surface area contributed by atoms with Crippen LogP contribution in [-0.4, -0.2) is 18.4 Å². The van der Waals surface area contributed by atoms with Crippen LogP contribution in [0.1, 0.15) is 31.4 Å². The van der Waals surface area contributed by atoms with Gasteiger partial charge < -0.3 is 10.1 Å². The fourth-order valence-corrected chi connectivity index (χ4v) is 1.72. The van der Waals surface area contributed by atoms with Gasteiger partial charge in [-0.3, -0.25) is 4.79 Å². The average molecular weight is 292 g/mol. The van der Waals surface area contributed by atoms with Crippen LogP contribution in [0.3, 0.4) is 0 Å². The minimum Gasteiger partial charge on any atom is -0.435 e. The van der Waals surface area contributed by atoms with Gasteiger partial charge in [0.15, 0.2) is 0 Å². The Kier molecular flexibility index (Phi) is 6.56. The molecule has 0 bridgehead atoms. The van der Waals surface area contributed by atoms with Gasteiger partial charge in [0.2, 0.25) is 5.91 Å². The van der Waals surface area contributed by atoms with Crippen molar-refractivity contribution in [3.05, 3.63) is 29.8 Å². The summed E-state index contributed by atoms with van der Waals surface area (Å²) in [6.07, 6.45) is 0.954. The number of alkyl halides is 3. The van der Waals surface area contributed by atoms with E-state index < -0.39 is 6.61 Å². The molecule has 1 aromatic carbocycles. The van der Waals surface area contributed by atoms with Gasteiger partial charge in [0.1, 0.15) is 5.75 Å². The molecule has 19 heavy (non-hydrogen) atoms. The molecule has 1 aromatic rings. The average Bonchev–Trinajstić information content (AvgIpc) is 2.35. The van der Waals surface area contributed by atoms with Gasteiger partial charge in [-0.15, -0.1) is 11.6 Å². The molecule has 106 valence electrons. The Morgan fingerprint density at radius 2 is 2.21 bits per heavy atom. The van der Waals surface area contributed by atoms with Gasteiger partial charge in [0, 0.05) is 12.3 Å². The van der Waals surface area contributed by atoms with E-state index in [1.54, 1.807) is 19.1 Å². The van der Waals surface area contributed by atoms with E-state index in [-0.39, 0.29) is 17.7 Å². The molecule has 1 unspecified atom stereocenters. The number of benzene rings is 1. The summed E-state index contributed by atoms with van der Waals surface area (Å²) >= 11 is 5.50. The number of hydrogen-bond acceptors (Lipinski definition) is 2. The number of nitrogens with one attached hydrogen (secondary N) is 1. The van der Waals surface area contributed by atoms with Crippen LogP contribution in [0.2, 0.25) is 0 Å². The topological polar surface area (TPSA) is 38.3 Å². The number of ether oxygens (including phenoxy) is 1. The number of carbonyl (C=O) groups excluding carboxylic acids is 1. The predicted octanol–water partition coefficient (Wildman–Crippen LogP) is 3.48. The van der Waals surface area contributed by atoms with Crippen molar-refractivity contribution in [3.8, 4) is 5.75 Å². The van der Waals surface area contributed by atoms with Crippen LogP contribution in [0, 0.1) is 0 Å². The van der Waals surface area contributed by atoms with Crippen LogP contribution < -0.4 is 10.1 Å². The third-order valence-corrected chi connectivity index (χ3v) is 2.77. The van der Waals surface area contributed by atoms with Crippen molar-refractivity contribution in [2.24, 2.45) is 0 Å². The minimum atomic E-state index is -2.86. The van der Waals surface area contributed by atoms with Crippen LogP contribution >= 0.6 is 11.6 Å². The van der Waals surface area contributed by atoms with E-state index in [1.807, 2.05) is 0 Å². The third-order valence-electron chi connectivity index (χ3n) is 2.50. The summed E-state index contributed by atoms with van der Waals surface area (Å²) in [7, 11) is 0. The second-order valence-electron chi connectivity index (χ2n) is 4.03. The number of halogens is 3. The Morgan fingerprint density at radius 3 is 2.84 bits per heavy atom. The van der Waals surface area contributed by atoms with Gasteiger partial charge in [-0.1, -0.05) is 12.1 Å². The van der Waals surface area contributed by atoms with E-state index in [1.165, 1.54) is 12.1 Å². The molecular weight excluding hydrogens is 276 g/mol. The normalized spacial score (nSPS) is 12.3. The summed E-state index contributed by atoms with van der Waals surface area (Å²) in [5.74, 6) is 0.391. The Morgan fingerprint density at radius 1 is 1.47 bits per heavy atom. The molecule has 0 aliphatic heterocycles.